The summed E-state index contributed by atoms with van der Waals surface area (Å²) in [5.41, 5.74) is 2.54. The van der Waals surface area contributed by atoms with Crippen LogP contribution in [0.1, 0.15) is 29.6 Å². The van der Waals surface area contributed by atoms with Gasteiger partial charge in [-0.15, -0.1) is 11.3 Å². The van der Waals surface area contributed by atoms with Crippen LogP contribution in [-0.2, 0) is 16.0 Å². The van der Waals surface area contributed by atoms with E-state index in [2.05, 4.69) is 20.4 Å². The number of carbonyl (C=O) groups is 2. The van der Waals surface area contributed by atoms with Crippen molar-refractivity contribution in [2.45, 2.75) is 19.8 Å². The topological polar surface area (TPSA) is 116 Å². The number of ether oxygens (including phenoxy) is 2. The second-order valence-electron chi connectivity index (χ2n) is 7.10. The van der Waals surface area contributed by atoms with Crippen LogP contribution in [0.15, 0.2) is 58.7 Å². The number of aromatic nitrogens is 3. The highest BCUT2D eigenvalue weighted by molar-refractivity contribution is 7.15. The fourth-order valence-electron chi connectivity index (χ4n) is 3.22. The molecule has 0 fully saturated rings. The Bertz CT molecular complexity index is 1270. The summed E-state index contributed by atoms with van der Waals surface area (Å²) in [5, 5.41) is 9.00. The van der Waals surface area contributed by atoms with Gasteiger partial charge in [-0.3, -0.25) is 9.78 Å². The zero-order chi connectivity index (χ0) is 23.9. The van der Waals surface area contributed by atoms with E-state index in [1.54, 1.807) is 32.5 Å². The minimum Gasteiger partial charge on any atom is -0.497 e. The van der Waals surface area contributed by atoms with Gasteiger partial charge in [-0.05, 0) is 36.8 Å². The van der Waals surface area contributed by atoms with E-state index in [1.807, 2.05) is 35.7 Å². The van der Waals surface area contributed by atoms with Gasteiger partial charge in [0.05, 0.1) is 13.7 Å². The SMILES string of the molecule is CCOC(=O)c1c(-c2ccc(OC)cc2)csc1NC(=O)CCc1nc(-c2cccnc2)no1. The van der Waals surface area contributed by atoms with Crippen molar-refractivity contribution in [3.8, 4) is 28.3 Å². The first-order valence-electron chi connectivity index (χ1n) is 10.5. The average Bonchev–Trinajstić information content (AvgIpc) is 3.51. The minimum absolute atomic E-state index is 0.104. The van der Waals surface area contributed by atoms with E-state index >= 15 is 0 Å². The molecule has 0 aliphatic carbocycles. The van der Waals surface area contributed by atoms with Crippen LogP contribution in [0.25, 0.3) is 22.5 Å². The fraction of sp³-hybridized carbons (Fsp3) is 0.208. The Morgan fingerprint density at radius 3 is 2.68 bits per heavy atom. The van der Waals surface area contributed by atoms with E-state index in [4.69, 9.17) is 14.0 Å². The van der Waals surface area contributed by atoms with Crippen molar-refractivity contribution < 1.29 is 23.6 Å². The van der Waals surface area contributed by atoms with Crippen molar-refractivity contribution >= 4 is 28.2 Å². The lowest BCUT2D eigenvalue weighted by atomic mass is 10.0. The standard InChI is InChI=1S/C24H22N4O5S/c1-3-32-24(30)21-18(15-6-8-17(31-2)9-7-15)14-34-23(21)26-19(29)10-11-20-27-22(28-33-20)16-5-4-12-25-13-16/h4-9,12-14H,3,10-11H2,1-2H3,(H,26,29). The Balaban J connectivity index is 1.47. The molecule has 0 spiro atoms. The Labute approximate surface area is 199 Å². The number of pyridine rings is 1. The molecule has 34 heavy (non-hydrogen) atoms. The van der Waals surface area contributed by atoms with Gasteiger partial charge in [-0.2, -0.15) is 4.98 Å². The number of methoxy groups -OCH3 is 1. The first kappa shape index (κ1) is 23.1. The van der Waals surface area contributed by atoms with E-state index < -0.39 is 5.97 Å². The first-order valence-corrected chi connectivity index (χ1v) is 11.4. The maximum absolute atomic E-state index is 12.7. The number of benzene rings is 1. The summed E-state index contributed by atoms with van der Waals surface area (Å²) in [6.45, 7) is 1.96. The molecule has 0 radical (unpaired) electrons. The molecule has 0 atom stereocenters. The molecule has 9 nitrogen and oxygen atoms in total. The average molecular weight is 479 g/mol. The molecule has 1 amide bonds. The third kappa shape index (κ3) is 5.29. The summed E-state index contributed by atoms with van der Waals surface area (Å²) >= 11 is 1.26. The number of carbonyl (C=O) groups excluding carboxylic acids is 2. The normalized spacial score (nSPS) is 10.6. The molecule has 4 aromatic rings. The monoisotopic (exact) mass is 478 g/mol. The summed E-state index contributed by atoms with van der Waals surface area (Å²) in [6.07, 6.45) is 3.65. The number of hydrogen-bond acceptors (Lipinski definition) is 9. The van der Waals surface area contributed by atoms with E-state index in [0.717, 1.165) is 11.1 Å². The van der Waals surface area contributed by atoms with Crippen LogP contribution < -0.4 is 10.1 Å². The van der Waals surface area contributed by atoms with Crippen LogP contribution in [0.4, 0.5) is 5.00 Å². The van der Waals surface area contributed by atoms with Crippen molar-refractivity contribution in [2.24, 2.45) is 0 Å². The lowest BCUT2D eigenvalue weighted by Gasteiger charge is -2.09. The third-order valence-electron chi connectivity index (χ3n) is 4.88. The van der Waals surface area contributed by atoms with E-state index in [0.29, 0.717) is 33.6 Å². The van der Waals surface area contributed by atoms with Gasteiger partial charge < -0.3 is 19.3 Å². The molecule has 174 valence electrons. The third-order valence-corrected chi connectivity index (χ3v) is 5.77. The number of nitrogens with one attached hydrogen (secondary N) is 1. The lowest BCUT2D eigenvalue weighted by Crippen LogP contribution is -2.15. The summed E-state index contributed by atoms with van der Waals surface area (Å²) in [7, 11) is 1.59. The molecule has 4 rings (SSSR count). The maximum Gasteiger partial charge on any atom is 0.341 e. The molecule has 0 saturated carbocycles. The van der Waals surface area contributed by atoms with Gasteiger partial charge >= 0.3 is 5.97 Å². The van der Waals surface area contributed by atoms with Crippen LogP contribution in [0.2, 0.25) is 0 Å². The van der Waals surface area contributed by atoms with Gasteiger partial charge in [-0.25, -0.2) is 4.79 Å². The zero-order valence-corrected chi connectivity index (χ0v) is 19.4. The Hall–Kier alpha value is -4.05. The number of aryl methyl sites for hydroxylation is 1. The molecule has 1 aromatic carbocycles. The van der Waals surface area contributed by atoms with Gasteiger partial charge in [0.15, 0.2) is 0 Å². The summed E-state index contributed by atoms with van der Waals surface area (Å²) in [5.74, 6) is 0.677. The Morgan fingerprint density at radius 2 is 1.97 bits per heavy atom. The molecule has 0 unspecified atom stereocenters. The highest BCUT2D eigenvalue weighted by atomic mass is 32.1. The number of amides is 1. The largest absolute Gasteiger partial charge is 0.497 e. The molecule has 0 bridgehead atoms. The minimum atomic E-state index is -0.497. The molecule has 3 aromatic heterocycles. The predicted octanol–water partition coefficient (Wildman–Crippen LogP) is 4.62. The van der Waals surface area contributed by atoms with Crippen LogP contribution >= 0.6 is 11.3 Å². The van der Waals surface area contributed by atoms with Gasteiger partial charge in [0.2, 0.25) is 17.6 Å². The van der Waals surface area contributed by atoms with Gasteiger partial charge in [0.1, 0.15) is 16.3 Å². The number of esters is 1. The highest BCUT2D eigenvalue weighted by Crippen LogP contribution is 2.37. The van der Waals surface area contributed by atoms with E-state index in [1.165, 1.54) is 11.3 Å². The number of thiophene rings is 1. The zero-order valence-electron chi connectivity index (χ0n) is 18.6. The Kier molecular flexibility index (Phi) is 7.28. The molecular weight excluding hydrogens is 456 g/mol. The summed E-state index contributed by atoms with van der Waals surface area (Å²) in [4.78, 5) is 33.7. The van der Waals surface area contributed by atoms with Crippen molar-refractivity contribution in [2.75, 3.05) is 19.0 Å². The molecule has 10 heteroatoms. The lowest BCUT2D eigenvalue weighted by molar-refractivity contribution is -0.116. The van der Waals surface area contributed by atoms with Gasteiger partial charge in [0.25, 0.3) is 0 Å². The summed E-state index contributed by atoms with van der Waals surface area (Å²) < 4.78 is 15.7. The number of hydrogen-bond donors (Lipinski definition) is 1. The van der Waals surface area contributed by atoms with Crippen molar-refractivity contribution in [1.29, 1.82) is 0 Å². The molecule has 3 heterocycles. The highest BCUT2D eigenvalue weighted by Gasteiger charge is 2.23. The molecule has 0 aliphatic rings. The van der Waals surface area contributed by atoms with Crippen LogP contribution in [0.3, 0.4) is 0 Å². The quantitative estimate of drug-likeness (QED) is 0.347. The predicted molar refractivity (Wildman–Crippen MR) is 127 cm³/mol. The molecule has 1 N–H and O–H groups in total. The van der Waals surface area contributed by atoms with Crippen LogP contribution in [0.5, 0.6) is 5.75 Å². The smallest absolute Gasteiger partial charge is 0.341 e. The van der Waals surface area contributed by atoms with Crippen molar-refractivity contribution in [1.82, 2.24) is 15.1 Å². The number of rotatable bonds is 9. The van der Waals surface area contributed by atoms with Crippen molar-refractivity contribution in [3.05, 3.63) is 65.6 Å². The van der Waals surface area contributed by atoms with E-state index in [-0.39, 0.29) is 25.4 Å². The molecule has 0 saturated heterocycles. The first-order chi connectivity index (χ1) is 16.6. The van der Waals surface area contributed by atoms with Crippen molar-refractivity contribution in [3.63, 3.8) is 0 Å². The van der Waals surface area contributed by atoms with Gasteiger partial charge in [-0.1, -0.05) is 17.3 Å². The second-order valence-corrected chi connectivity index (χ2v) is 7.98. The summed E-state index contributed by atoms with van der Waals surface area (Å²) in [6, 6.07) is 10.9. The Morgan fingerprint density at radius 1 is 1.15 bits per heavy atom. The molecule has 0 aliphatic heterocycles. The second kappa shape index (κ2) is 10.7. The molecular formula is C24H22N4O5S. The fourth-order valence-corrected chi connectivity index (χ4v) is 4.19. The number of nitrogens with zero attached hydrogens (tertiary/aromatic N) is 3. The van der Waals surface area contributed by atoms with E-state index in [9.17, 15) is 9.59 Å². The van der Waals surface area contributed by atoms with Crippen LogP contribution in [-0.4, -0.2) is 40.7 Å². The van der Waals surface area contributed by atoms with Gasteiger partial charge in [0, 0.05) is 41.7 Å². The number of anilines is 1. The maximum atomic E-state index is 12.7. The van der Waals surface area contributed by atoms with Crippen LogP contribution in [0, 0.1) is 0 Å².